The van der Waals surface area contributed by atoms with Crippen LogP contribution in [0, 0.1) is 0 Å². The van der Waals surface area contributed by atoms with Crippen LogP contribution in [-0.4, -0.2) is 63.2 Å². The average molecular weight is 496 g/mol. The molecule has 1 aliphatic heterocycles. The zero-order valence-electron chi connectivity index (χ0n) is 15.6. The van der Waals surface area contributed by atoms with Crippen LogP contribution in [0.25, 0.3) is 5.69 Å². The SMILES string of the molecule is O=C(CN1CCN(Cc2ccc(Br)s2)CC1)Nc1cc(Cl)ccc1-n1cncn1. The highest BCUT2D eigenvalue weighted by atomic mass is 79.9. The Hall–Kier alpha value is -1.78. The van der Waals surface area contributed by atoms with Crippen LogP contribution in [0.2, 0.25) is 5.02 Å². The maximum Gasteiger partial charge on any atom is 0.238 e. The first-order valence-electron chi connectivity index (χ1n) is 9.20. The van der Waals surface area contributed by atoms with Gasteiger partial charge >= 0.3 is 0 Å². The second-order valence-electron chi connectivity index (χ2n) is 6.81. The first-order valence-corrected chi connectivity index (χ1v) is 11.2. The number of carbonyl (C=O) groups is 1. The average Bonchev–Trinajstić information content (AvgIpc) is 3.35. The van der Waals surface area contributed by atoms with Gasteiger partial charge in [0.05, 0.1) is 21.7 Å². The molecule has 1 amide bonds. The van der Waals surface area contributed by atoms with Crippen molar-refractivity contribution in [1.82, 2.24) is 24.6 Å². The molecule has 2 aromatic heterocycles. The summed E-state index contributed by atoms with van der Waals surface area (Å²) >= 11 is 11.4. The van der Waals surface area contributed by atoms with E-state index in [0.29, 0.717) is 17.3 Å². The van der Waals surface area contributed by atoms with E-state index in [1.165, 1.54) is 11.2 Å². The van der Waals surface area contributed by atoms with E-state index in [1.807, 2.05) is 6.07 Å². The molecule has 0 aliphatic carbocycles. The molecule has 0 radical (unpaired) electrons. The molecule has 3 aromatic rings. The number of nitrogens with zero attached hydrogens (tertiary/aromatic N) is 5. The Bertz CT molecular complexity index is 971. The van der Waals surface area contributed by atoms with E-state index < -0.39 is 0 Å². The van der Waals surface area contributed by atoms with Crippen molar-refractivity contribution in [1.29, 1.82) is 0 Å². The Morgan fingerprint density at radius 3 is 2.66 bits per heavy atom. The van der Waals surface area contributed by atoms with Gasteiger partial charge in [-0.1, -0.05) is 11.6 Å². The van der Waals surface area contributed by atoms with E-state index >= 15 is 0 Å². The van der Waals surface area contributed by atoms with Crippen molar-refractivity contribution < 1.29 is 4.79 Å². The lowest BCUT2D eigenvalue weighted by Crippen LogP contribution is -2.48. The van der Waals surface area contributed by atoms with Crippen LogP contribution in [0.15, 0.2) is 46.8 Å². The number of nitrogens with one attached hydrogen (secondary N) is 1. The third-order valence-corrected chi connectivity index (χ3v) is 6.58. The van der Waals surface area contributed by atoms with E-state index in [0.717, 1.165) is 42.2 Å². The second-order valence-corrected chi connectivity index (χ2v) is 9.79. The van der Waals surface area contributed by atoms with Gasteiger partial charge in [0.25, 0.3) is 0 Å². The number of halogens is 2. The molecule has 0 spiro atoms. The molecule has 0 bridgehead atoms. The Labute approximate surface area is 186 Å². The molecule has 1 N–H and O–H groups in total. The highest BCUT2D eigenvalue weighted by molar-refractivity contribution is 9.11. The summed E-state index contributed by atoms with van der Waals surface area (Å²) in [4.78, 5) is 22.5. The van der Waals surface area contributed by atoms with Gasteiger partial charge in [-0.15, -0.1) is 11.3 Å². The van der Waals surface area contributed by atoms with E-state index in [1.54, 1.807) is 34.5 Å². The fourth-order valence-electron chi connectivity index (χ4n) is 3.30. The van der Waals surface area contributed by atoms with Crippen LogP contribution >= 0.6 is 38.9 Å². The maximum atomic E-state index is 12.6. The van der Waals surface area contributed by atoms with Crippen molar-refractivity contribution in [3.05, 3.63) is 56.7 Å². The van der Waals surface area contributed by atoms with Gasteiger partial charge in [-0.05, 0) is 46.3 Å². The maximum absolute atomic E-state index is 12.6. The van der Waals surface area contributed by atoms with Gasteiger partial charge in [-0.3, -0.25) is 14.6 Å². The van der Waals surface area contributed by atoms with Crippen molar-refractivity contribution in [2.75, 3.05) is 38.0 Å². The number of carbonyl (C=O) groups excluding carboxylic acids is 1. The van der Waals surface area contributed by atoms with Crippen molar-refractivity contribution in [3.63, 3.8) is 0 Å². The predicted octanol–water partition coefficient (Wildman–Crippen LogP) is 3.50. The van der Waals surface area contributed by atoms with Crippen molar-refractivity contribution >= 4 is 50.5 Å². The second kappa shape index (κ2) is 9.36. The highest BCUT2D eigenvalue weighted by Gasteiger charge is 2.20. The van der Waals surface area contributed by atoms with Gasteiger partial charge in [0.2, 0.25) is 5.91 Å². The van der Waals surface area contributed by atoms with Gasteiger partial charge in [0, 0.05) is 42.6 Å². The topological polar surface area (TPSA) is 66.3 Å². The molecule has 1 fully saturated rings. The predicted molar refractivity (Wildman–Crippen MR) is 119 cm³/mol. The van der Waals surface area contributed by atoms with Crippen LogP contribution < -0.4 is 5.32 Å². The Kier molecular flexibility index (Phi) is 6.61. The van der Waals surface area contributed by atoms with Gasteiger partial charge in [-0.25, -0.2) is 9.67 Å². The first kappa shape index (κ1) is 20.5. The van der Waals surface area contributed by atoms with E-state index in [9.17, 15) is 4.79 Å². The summed E-state index contributed by atoms with van der Waals surface area (Å²) in [6, 6.07) is 9.55. The quantitative estimate of drug-likeness (QED) is 0.567. The van der Waals surface area contributed by atoms with Crippen LogP contribution in [0.4, 0.5) is 5.69 Å². The molecule has 10 heteroatoms. The summed E-state index contributed by atoms with van der Waals surface area (Å²) in [5, 5.41) is 7.66. The molecular formula is C19H20BrClN6OS. The minimum absolute atomic E-state index is 0.0655. The van der Waals surface area contributed by atoms with Crippen LogP contribution in [0.1, 0.15) is 4.88 Å². The smallest absolute Gasteiger partial charge is 0.238 e. The summed E-state index contributed by atoms with van der Waals surface area (Å²) in [6.45, 7) is 4.94. The minimum Gasteiger partial charge on any atom is -0.323 e. The minimum atomic E-state index is -0.0655. The third kappa shape index (κ3) is 5.43. The summed E-state index contributed by atoms with van der Waals surface area (Å²) in [5.41, 5.74) is 1.35. The summed E-state index contributed by atoms with van der Waals surface area (Å²) in [5.74, 6) is -0.0655. The molecule has 29 heavy (non-hydrogen) atoms. The standard InChI is InChI=1S/C19H20BrClN6OS/c20-18-4-2-15(29-18)10-25-5-7-26(8-6-25)11-19(28)24-16-9-14(21)1-3-17(16)27-13-22-12-23-27/h1-4,9,12-13H,5-8,10-11H2,(H,24,28). The zero-order chi connectivity index (χ0) is 20.2. The number of anilines is 1. The Morgan fingerprint density at radius 2 is 1.97 bits per heavy atom. The molecule has 0 atom stereocenters. The Balaban J connectivity index is 1.31. The lowest BCUT2D eigenvalue weighted by Gasteiger charge is -2.34. The van der Waals surface area contributed by atoms with Crippen LogP contribution in [-0.2, 0) is 11.3 Å². The molecular weight excluding hydrogens is 476 g/mol. The van der Waals surface area contributed by atoms with Gasteiger partial charge in [-0.2, -0.15) is 5.10 Å². The molecule has 4 rings (SSSR count). The van der Waals surface area contributed by atoms with Gasteiger partial charge < -0.3 is 5.32 Å². The number of thiophene rings is 1. The molecule has 1 saturated heterocycles. The van der Waals surface area contributed by atoms with Crippen LogP contribution in [0.3, 0.4) is 0 Å². The lowest BCUT2D eigenvalue weighted by molar-refractivity contribution is -0.117. The number of piperazine rings is 1. The fraction of sp³-hybridized carbons (Fsp3) is 0.316. The molecule has 3 heterocycles. The van der Waals surface area contributed by atoms with E-state index in [2.05, 4.69) is 53.3 Å². The number of hydrogen-bond donors (Lipinski definition) is 1. The molecule has 0 saturated carbocycles. The number of rotatable bonds is 6. The third-order valence-electron chi connectivity index (χ3n) is 4.74. The molecule has 152 valence electrons. The summed E-state index contributed by atoms with van der Waals surface area (Å²) in [7, 11) is 0. The zero-order valence-corrected chi connectivity index (χ0v) is 18.8. The van der Waals surface area contributed by atoms with Crippen molar-refractivity contribution in [3.8, 4) is 5.69 Å². The fourth-order valence-corrected chi connectivity index (χ4v) is 4.99. The highest BCUT2D eigenvalue weighted by Crippen LogP contribution is 2.25. The normalized spacial score (nSPS) is 15.5. The number of aromatic nitrogens is 3. The van der Waals surface area contributed by atoms with E-state index in [4.69, 9.17) is 11.6 Å². The first-order chi connectivity index (χ1) is 14.1. The van der Waals surface area contributed by atoms with Gasteiger partial charge in [0.15, 0.2) is 0 Å². The van der Waals surface area contributed by atoms with Gasteiger partial charge in [0.1, 0.15) is 12.7 Å². The molecule has 1 aliphatic rings. The summed E-state index contributed by atoms with van der Waals surface area (Å²) in [6.07, 6.45) is 3.04. The largest absolute Gasteiger partial charge is 0.323 e. The Morgan fingerprint density at radius 1 is 1.17 bits per heavy atom. The van der Waals surface area contributed by atoms with Crippen molar-refractivity contribution in [2.24, 2.45) is 0 Å². The number of benzene rings is 1. The lowest BCUT2D eigenvalue weighted by atomic mass is 10.2. The monoisotopic (exact) mass is 494 g/mol. The number of hydrogen-bond acceptors (Lipinski definition) is 6. The molecule has 0 unspecified atom stereocenters. The molecule has 1 aromatic carbocycles. The molecule has 7 nitrogen and oxygen atoms in total. The number of amides is 1. The summed E-state index contributed by atoms with van der Waals surface area (Å²) < 4.78 is 2.77. The van der Waals surface area contributed by atoms with Crippen molar-refractivity contribution in [2.45, 2.75) is 6.54 Å². The van der Waals surface area contributed by atoms with E-state index in [-0.39, 0.29) is 5.91 Å². The van der Waals surface area contributed by atoms with Crippen LogP contribution in [0.5, 0.6) is 0 Å².